The van der Waals surface area contributed by atoms with Crippen LogP contribution in [0.4, 0.5) is 0 Å². The van der Waals surface area contributed by atoms with Crippen LogP contribution in [0, 0.1) is 11.8 Å². The molecule has 3 nitrogen and oxygen atoms in total. The molecule has 1 aliphatic rings. The van der Waals surface area contributed by atoms with Gasteiger partial charge in [0.15, 0.2) is 0 Å². The smallest absolute Gasteiger partial charge is 0.225 e. The van der Waals surface area contributed by atoms with Gasteiger partial charge >= 0.3 is 0 Å². The Morgan fingerprint density at radius 3 is 2.61 bits per heavy atom. The number of rotatable bonds is 5. The molecule has 1 heterocycles. The van der Waals surface area contributed by atoms with Crippen LogP contribution in [0.5, 0.6) is 0 Å². The quantitative estimate of drug-likeness (QED) is 0.912. The third-order valence-electron chi connectivity index (χ3n) is 4.88. The van der Waals surface area contributed by atoms with Crippen LogP contribution in [-0.2, 0) is 11.2 Å². The zero-order chi connectivity index (χ0) is 15.5. The van der Waals surface area contributed by atoms with Crippen LogP contribution in [-0.4, -0.2) is 37.5 Å². The number of likely N-dealkylation sites (N-methyl/N-ethyl adjacent to an activating group) is 1. The number of carbonyl (C=O) groups excluding carboxylic acids is 1. The number of fused-ring (bicyclic) bond motifs is 1. The van der Waals surface area contributed by atoms with Gasteiger partial charge in [-0.3, -0.25) is 4.79 Å². The van der Waals surface area contributed by atoms with Gasteiger partial charge in [-0.15, -0.1) is 12.4 Å². The summed E-state index contributed by atoms with van der Waals surface area (Å²) in [6.07, 6.45) is 0.902. The highest BCUT2D eigenvalue weighted by molar-refractivity contribution is 5.86. The van der Waals surface area contributed by atoms with Gasteiger partial charge in [0, 0.05) is 19.5 Å². The Kier molecular flexibility index (Phi) is 6.03. The molecule has 1 saturated heterocycles. The molecule has 1 aliphatic heterocycles. The molecule has 0 spiro atoms. The number of hydrogen-bond acceptors (Lipinski definition) is 2. The second-order valence-corrected chi connectivity index (χ2v) is 6.36. The van der Waals surface area contributed by atoms with E-state index < -0.39 is 0 Å². The van der Waals surface area contributed by atoms with Crippen molar-refractivity contribution in [3.63, 3.8) is 0 Å². The van der Waals surface area contributed by atoms with E-state index in [2.05, 4.69) is 54.7 Å². The number of amides is 1. The van der Waals surface area contributed by atoms with Gasteiger partial charge in [0.25, 0.3) is 0 Å². The van der Waals surface area contributed by atoms with Crippen molar-refractivity contribution >= 4 is 29.1 Å². The molecule has 2 aromatic rings. The van der Waals surface area contributed by atoms with E-state index in [-0.39, 0.29) is 24.2 Å². The average molecular weight is 333 g/mol. The highest BCUT2D eigenvalue weighted by Gasteiger charge is 2.30. The largest absolute Gasteiger partial charge is 0.345 e. The maximum atomic E-state index is 12.5. The molecule has 1 N–H and O–H groups in total. The SMILES string of the molecule is CC(C(=O)N(C)CCc1cccc2ccccc12)C1CNC1.Cl. The number of benzene rings is 2. The first-order valence-corrected chi connectivity index (χ1v) is 8.09. The van der Waals surface area contributed by atoms with Gasteiger partial charge in [0.1, 0.15) is 0 Å². The Morgan fingerprint density at radius 1 is 1.22 bits per heavy atom. The molecule has 124 valence electrons. The lowest BCUT2D eigenvalue weighted by Crippen LogP contribution is -2.50. The molecule has 0 radical (unpaired) electrons. The van der Waals surface area contributed by atoms with Crippen molar-refractivity contribution in [2.75, 3.05) is 26.7 Å². The fourth-order valence-electron chi connectivity index (χ4n) is 3.12. The monoisotopic (exact) mass is 332 g/mol. The highest BCUT2D eigenvalue weighted by atomic mass is 35.5. The third kappa shape index (κ3) is 3.85. The number of nitrogens with one attached hydrogen (secondary N) is 1. The van der Waals surface area contributed by atoms with Crippen LogP contribution >= 0.6 is 12.4 Å². The Balaban J connectivity index is 0.00000192. The lowest BCUT2D eigenvalue weighted by molar-refractivity contribution is -0.136. The lowest BCUT2D eigenvalue weighted by Gasteiger charge is -2.34. The minimum atomic E-state index is 0. The molecular weight excluding hydrogens is 308 g/mol. The molecule has 1 amide bonds. The van der Waals surface area contributed by atoms with Crippen molar-refractivity contribution in [1.29, 1.82) is 0 Å². The van der Waals surface area contributed by atoms with Gasteiger partial charge < -0.3 is 10.2 Å². The molecule has 0 saturated carbocycles. The summed E-state index contributed by atoms with van der Waals surface area (Å²) >= 11 is 0. The molecule has 0 aliphatic carbocycles. The van der Waals surface area contributed by atoms with Crippen LogP contribution in [0.1, 0.15) is 12.5 Å². The topological polar surface area (TPSA) is 32.3 Å². The van der Waals surface area contributed by atoms with E-state index in [0.717, 1.165) is 26.1 Å². The standard InChI is InChI=1S/C19H24N2O.ClH/c1-14(17-12-20-13-17)19(22)21(2)11-10-16-8-5-7-15-6-3-4-9-18(15)16;/h3-9,14,17,20H,10-13H2,1-2H3;1H. The van der Waals surface area contributed by atoms with Crippen LogP contribution in [0.15, 0.2) is 42.5 Å². The second kappa shape index (κ2) is 7.80. The third-order valence-corrected chi connectivity index (χ3v) is 4.88. The van der Waals surface area contributed by atoms with Gasteiger partial charge in [-0.2, -0.15) is 0 Å². The summed E-state index contributed by atoms with van der Waals surface area (Å²) in [7, 11) is 1.93. The zero-order valence-electron chi connectivity index (χ0n) is 13.8. The van der Waals surface area contributed by atoms with Crippen molar-refractivity contribution in [3.05, 3.63) is 48.0 Å². The summed E-state index contributed by atoms with van der Waals surface area (Å²) in [5.74, 6) is 0.901. The predicted molar refractivity (Wildman–Crippen MR) is 98.1 cm³/mol. The van der Waals surface area contributed by atoms with E-state index in [0.29, 0.717) is 5.92 Å². The van der Waals surface area contributed by atoms with E-state index in [1.807, 2.05) is 11.9 Å². The maximum absolute atomic E-state index is 12.5. The number of carbonyl (C=O) groups is 1. The van der Waals surface area contributed by atoms with E-state index in [4.69, 9.17) is 0 Å². The van der Waals surface area contributed by atoms with Gasteiger partial charge in [-0.1, -0.05) is 49.4 Å². The van der Waals surface area contributed by atoms with Gasteiger partial charge in [0.05, 0.1) is 0 Å². The number of halogens is 1. The fraction of sp³-hybridized carbons (Fsp3) is 0.421. The lowest BCUT2D eigenvalue weighted by atomic mass is 9.88. The van der Waals surface area contributed by atoms with Crippen molar-refractivity contribution in [2.45, 2.75) is 13.3 Å². The first-order chi connectivity index (χ1) is 10.7. The molecule has 2 aromatic carbocycles. The van der Waals surface area contributed by atoms with Crippen molar-refractivity contribution in [3.8, 4) is 0 Å². The van der Waals surface area contributed by atoms with Gasteiger partial charge in [0.2, 0.25) is 5.91 Å². The molecule has 3 rings (SSSR count). The van der Waals surface area contributed by atoms with Gasteiger partial charge in [-0.05, 0) is 41.8 Å². The van der Waals surface area contributed by atoms with E-state index in [1.54, 1.807) is 0 Å². The minimum Gasteiger partial charge on any atom is -0.345 e. The Morgan fingerprint density at radius 2 is 1.91 bits per heavy atom. The summed E-state index contributed by atoms with van der Waals surface area (Å²) in [5.41, 5.74) is 1.32. The molecule has 23 heavy (non-hydrogen) atoms. The normalized spacial score (nSPS) is 15.6. The molecule has 1 unspecified atom stereocenters. The molecule has 0 bridgehead atoms. The van der Waals surface area contributed by atoms with Crippen molar-refractivity contribution < 1.29 is 4.79 Å². The highest BCUT2D eigenvalue weighted by Crippen LogP contribution is 2.20. The summed E-state index contributed by atoms with van der Waals surface area (Å²) in [5, 5.41) is 5.80. The van der Waals surface area contributed by atoms with Gasteiger partial charge in [-0.25, -0.2) is 0 Å². The Labute approximate surface area is 144 Å². The predicted octanol–water partition coefficient (Wildman–Crippen LogP) is 3.12. The summed E-state index contributed by atoms with van der Waals surface area (Å²) in [4.78, 5) is 14.4. The summed E-state index contributed by atoms with van der Waals surface area (Å²) < 4.78 is 0. The van der Waals surface area contributed by atoms with E-state index in [9.17, 15) is 4.79 Å². The summed E-state index contributed by atoms with van der Waals surface area (Å²) in [6.45, 7) is 4.79. The van der Waals surface area contributed by atoms with Crippen LogP contribution < -0.4 is 5.32 Å². The summed E-state index contributed by atoms with van der Waals surface area (Å²) in [6, 6.07) is 14.8. The van der Waals surface area contributed by atoms with Crippen molar-refractivity contribution in [2.24, 2.45) is 11.8 Å². The first-order valence-electron chi connectivity index (χ1n) is 8.09. The zero-order valence-corrected chi connectivity index (χ0v) is 14.6. The molecular formula is C19H25ClN2O. The average Bonchev–Trinajstić information content (AvgIpc) is 2.50. The molecule has 0 aromatic heterocycles. The van der Waals surface area contributed by atoms with Crippen LogP contribution in [0.2, 0.25) is 0 Å². The molecule has 1 atom stereocenters. The maximum Gasteiger partial charge on any atom is 0.225 e. The fourth-order valence-corrected chi connectivity index (χ4v) is 3.12. The van der Waals surface area contributed by atoms with Crippen LogP contribution in [0.25, 0.3) is 10.8 Å². The minimum absolute atomic E-state index is 0. The van der Waals surface area contributed by atoms with Crippen LogP contribution in [0.3, 0.4) is 0 Å². The number of hydrogen-bond donors (Lipinski definition) is 1. The van der Waals surface area contributed by atoms with Crippen molar-refractivity contribution in [1.82, 2.24) is 10.2 Å². The first kappa shape index (κ1) is 17.8. The second-order valence-electron chi connectivity index (χ2n) is 6.36. The molecule has 4 heteroatoms. The Bertz CT molecular complexity index is 664. The van der Waals surface area contributed by atoms with E-state index >= 15 is 0 Å². The van der Waals surface area contributed by atoms with E-state index in [1.165, 1.54) is 16.3 Å². The number of nitrogens with zero attached hydrogens (tertiary/aromatic N) is 1. The molecule has 1 fully saturated rings. The Hall–Kier alpha value is -1.58.